The van der Waals surface area contributed by atoms with Crippen LogP contribution in [0.2, 0.25) is 0 Å². The van der Waals surface area contributed by atoms with Crippen LogP contribution in [0.15, 0.2) is 60.7 Å². The molecular weight excluding hydrogens is 426 g/mol. The third kappa shape index (κ3) is 4.51. The summed E-state index contributed by atoms with van der Waals surface area (Å²) >= 11 is 0. The van der Waals surface area contributed by atoms with Gasteiger partial charge in [-0.1, -0.05) is 57.2 Å². The van der Waals surface area contributed by atoms with Gasteiger partial charge in [0.2, 0.25) is 0 Å². The fourth-order valence-corrected chi connectivity index (χ4v) is 4.24. The van der Waals surface area contributed by atoms with Crippen LogP contribution in [-0.2, 0) is 23.3 Å². The third-order valence-electron chi connectivity index (χ3n) is 6.29. The number of esters is 1. The molecule has 1 aliphatic rings. The van der Waals surface area contributed by atoms with E-state index in [1.54, 1.807) is 48.5 Å². The summed E-state index contributed by atoms with van der Waals surface area (Å²) in [5, 5.41) is 0. The van der Waals surface area contributed by atoms with Crippen LogP contribution in [0.1, 0.15) is 79.7 Å². The first-order valence-corrected chi connectivity index (χ1v) is 11.4. The number of hydrogen-bond donors (Lipinski definition) is 0. The molecule has 4 rings (SSSR count). The van der Waals surface area contributed by atoms with Crippen LogP contribution in [0.5, 0.6) is 0 Å². The van der Waals surface area contributed by atoms with Crippen molar-refractivity contribution in [2.75, 3.05) is 0 Å². The van der Waals surface area contributed by atoms with Gasteiger partial charge in [-0.3, -0.25) is 14.5 Å². The highest BCUT2D eigenvalue weighted by Gasteiger charge is 2.35. The number of imide groups is 1. The van der Waals surface area contributed by atoms with E-state index in [9.17, 15) is 14.4 Å². The second kappa shape index (κ2) is 8.90. The first-order valence-electron chi connectivity index (χ1n) is 11.4. The smallest absolute Gasteiger partial charge is 0.338 e. The van der Waals surface area contributed by atoms with Gasteiger partial charge in [-0.05, 0) is 71.3 Å². The molecular formula is C29H29NO4. The summed E-state index contributed by atoms with van der Waals surface area (Å²) in [6.45, 7) is 10.9. The highest BCUT2D eigenvalue weighted by Crippen LogP contribution is 2.28. The molecule has 0 radical (unpaired) electrons. The number of amides is 2. The summed E-state index contributed by atoms with van der Waals surface area (Å²) in [4.78, 5) is 39.3. The van der Waals surface area contributed by atoms with E-state index in [2.05, 4.69) is 32.9 Å². The molecule has 0 spiro atoms. The van der Waals surface area contributed by atoms with Gasteiger partial charge < -0.3 is 4.74 Å². The van der Waals surface area contributed by atoms with E-state index in [0.29, 0.717) is 22.3 Å². The van der Waals surface area contributed by atoms with Crippen LogP contribution in [0.25, 0.3) is 0 Å². The molecule has 0 unspecified atom stereocenters. The SMILES string of the molecule is Cc1cc(C(C)(C)C)cc(C)c1COC(=O)c1cccc(CN2C(=O)c3ccccc3C2=O)c1. The van der Waals surface area contributed by atoms with E-state index < -0.39 is 5.97 Å². The van der Waals surface area contributed by atoms with Gasteiger partial charge in [-0.2, -0.15) is 0 Å². The van der Waals surface area contributed by atoms with Crippen LogP contribution in [0.4, 0.5) is 0 Å². The highest BCUT2D eigenvalue weighted by atomic mass is 16.5. The highest BCUT2D eigenvalue weighted by molar-refractivity contribution is 6.21. The second-order valence-electron chi connectivity index (χ2n) is 9.86. The molecule has 5 nitrogen and oxygen atoms in total. The first-order chi connectivity index (χ1) is 16.1. The Hall–Kier alpha value is -3.73. The number of ether oxygens (including phenoxy) is 1. The molecule has 0 atom stereocenters. The van der Waals surface area contributed by atoms with E-state index in [-0.39, 0.29) is 30.4 Å². The van der Waals surface area contributed by atoms with Gasteiger partial charge in [0.1, 0.15) is 6.61 Å². The number of fused-ring (bicyclic) bond motifs is 1. The number of hydrogen-bond acceptors (Lipinski definition) is 4. The van der Waals surface area contributed by atoms with Gasteiger partial charge in [0.15, 0.2) is 0 Å². The van der Waals surface area contributed by atoms with Gasteiger partial charge >= 0.3 is 5.97 Å². The molecule has 34 heavy (non-hydrogen) atoms. The molecule has 3 aromatic rings. The van der Waals surface area contributed by atoms with Crippen molar-refractivity contribution in [3.63, 3.8) is 0 Å². The predicted octanol–water partition coefficient (Wildman–Crippen LogP) is 5.75. The fraction of sp³-hybridized carbons (Fsp3) is 0.276. The number of carbonyl (C=O) groups is 3. The zero-order chi connectivity index (χ0) is 24.6. The summed E-state index contributed by atoms with van der Waals surface area (Å²) in [6.07, 6.45) is 0. The van der Waals surface area contributed by atoms with Crippen LogP contribution in [0.3, 0.4) is 0 Å². The van der Waals surface area contributed by atoms with Crippen LogP contribution < -0.4 is 0 Å². The van der Waals surface area contributed by atoms with Gasteiger partial charge in [0.25, 0.3) is 11.8 Å². The minimum Gasteiger partial charge on any atom is -0.457 e. The van der Waals surface area contributed by atoms with E-state index >= 15 is 0 Å². The van der Waals surface area contributed by atoms with Crippen LogP contribution in [0, 0.1) is 13.8 Å². The van der Waals surface area contributed by atoms with E-state index in [0.717, 1.165) is 16.7 Å². The molecule has 0 fully saturated rings. The van der Waals surface area contributed by atoms with E-state index in [4.69, 9.17) is 4.74 Å². The molecule has 1 aliphatic heterocycles. The first kappa shape index (κ1) is 23.4. The van der Waals surface area contributed by atoms with Crippen LogP contribution >= 0.6 is 0 Å². The Morgan fingerprint density at radius 3 is 2.00 bits per heavy atom. The topological polar surface area (TPSA) is 63.7 Å². The third-order valence-corrected chi connectivity index (χ3v) is 6.29. The van der Waals surface area contributed by atoms with Crippen molar-refractivity contribution in [3.8, 4) is 0 Å². The molecule has 0 aliphatic carbocycles. The van der Waals surface area contributed by atoms with Crippen molar-refractivity contribution in [1.29, 1.82) is 0 Å². The van der Waals surface area contributed by atoms with Crippen molar-refractivity contribution < 1.29 is 19.1 Å². The zero-order valence-electron chi connectivity index (χ0n) is 20.3. The maximum Gasteiger partial charge on any atom is 0.338 e. The van der Waals surface area contributed by atoms with Gasteiger partial charge in [-0.25, -0.2) is 4.79 Å². The Balaban J connectivity index is 1.46. The molecule has 0 bridgehead atoms. The minimum atomic E-state index is -0.442. The largest absolute Gasteiger partial charge is 0.457 e. The molecule has 5 heteroatoms. The fourth-order valence-electron chi connectivity index (χ4n) is 4.24. The number of rotatable bonds is 5. The number of nitrogens with zero attached hydrogens (tertiary/aromatic N) is 1. The lowest BCUT2D eigenvalue weighted by Gasteiger charge is -2.22. The molecule has 1 heterocycles. The summed E-state index contributed by atoms with van der Waals surface area (Å²) in [5.74, 6) is -1.08. The molecule has 0 saturated heterocycles. The summed E-state index contributed by atoms with van der Waals surface area (Å²) in [5.41, 5.74) is 6.38. The second-order valence-corrected chi connectivity index (χ2v) is 9.86. The Bertz CT molecular complexity index is 1240. The van der Waals surface area contributed by atoms with E-state index in [1.165, 1.54) is 10.5 Å². The number of carbonyl (C=O) groups excluding carboxylic acids is 3. The van der Waals surface area contributed by atoms with Crippen molar-refractivity contribution >= 4 is 17.8 Å². The molecule has 0 N–H and O–H groups in total. The average Bonchev–Trinajstić information content (AvgIpc) is 3.03. The number of benzene rings is 3. The maximum absolute atomic E-state index is 12.8. The molecule has 0 aromatic heterocycles. The molecule has 174 valence electrons. The van der Waals surface area contributed by atoms with Gasteiger partial charge in [0, 0.05) is 0 Å². The Kier molecular flexibility index (Phi) is 6.13. The summed E-state index contributed by atoms with van der Waals surface area (Å²) < 4.78 is 5.63. The molecule has 2 amide bonds. The Morgan fingerprint density at radius 1 is 0.853 bits per heavy atom. The van der Waals surface area contributed by atoms with E-state index in [1.807, 2.05) is 13.8 Å². The van der Waals surface area contributed by atoms with Crippen molar-refractivity contribution in [3.05, 3.63) is 105 Å². The lowest BCUT2D eigenvalue weighted by Crippen LogP contribution is -2.29. The lowest BCUT2D eigenvalue weighted by molar-refractivity contribution is 0.0471. The van der Waals surface area contributed by atoms with Crippen molar-refractivity contribution in [2.45, 2.75) is 53.2 Å². The average molecular weight is 456 g/mol. The zero-order valence-corrected chi connectivity index (χ0v) is 20.3. The van der Waals surface area contributed by atoms with Crippen LogP contribution in [-0.4, -0.2) is 22.7 Å². The summed E-state index contributed by atoms with van der Waals surface area (Å²) in [7, 11) is 0. The predicted molar refractivity (Wildman–Crippen MR) is 131 cm³/mol. The van der Waals surface area contributed by atoms with Crippen molar-refractivity contribution in [1.82, 2.24) is 4.90 Å². The monoisotopic (exact) mass is 455 g/mol. The van der Waals surface area contributed by atoms with Gasteiger partial charge in [0.05, 0.1) is 23.2 Å². The maximum atomic E-state index is 12.8. The quantitative estimate of drug-likeness (QED) is 0.363. The number of aryl methyl sites for hydroxylation is 2. The normalized spacial score (nSPS) is 13.3. The molecule has 3 aromatic carbocycles. The Morgan fingerprint density at radius 2 is 1.44 bits per heavy atom. The molecule has 0 saturated carbocycles. The van der Waals surface area contributed by atoms with Crippen molar-refractivity contribution in [2.24, 2.45) is 0 Å². The lowest BCUT2D eigenvalue weighted by atomic mass is 9.84. The van der Waals surface area contributed by atoms with Gasteiger partial charge in [-0.15, -0.1) is 0 Å². The minimum absolute atomic E-state index is 0.0463. The summed E-state index contributed by atoms with van der Waals surface area (Å²) in [6, 6.07) is 18.0. The Labute approximate surface area is 200 Å². The standard InChI is InChI=1S/C29H29NO4/c1-18-13-22(29(3,4)5)14-19(2)25(18)17-34-28(33)21-10-8-9-20(15-21)16-30-26(31)23-11-6-7-12-24(23)27(30)32/h6-15H,16-17H2,1-5H3.